The van der Waals surface area contributed by atoms with Gasteiger partial charge in [0.1, 0.15) is 0 Å². The Kier molecular flexibility index (Phi) is 4.26. The fourth-order valence-electron chi connectivity index (χ4n) is 2.41. The van der Waals surface area contributed by atoms with Gasteiger partial charge in [-0.2, -0.15) is 0 Å². The van der Waals surface area contributed by atoms with E-state index in [0.29, 0.717) is 12.1 Å². The largest absolute Gasteiger partial charge is 0.381 e. The summed E-state index contributed by atoms with van der Waals surface area (Å²) in [5.41, 5.74) is 6.61. The standard InChI is InChI=1S/C17H20N2O2/c1-11-8-13(3)15(9-12(11)2)10-18-16-6-5-7-17(14(16)4)19(20)21/h5-9,18H,10H2,1-4H3. The minimum Gasteiger partial charge on any atom is -0.381 e. The third kappa shape index (κ3) is 3.21. The van der Waals surface area contributed by atoms with Gasteiger partial charge in [-0.25, -0.2) is 0 Å². The first-order valence-electron chi connectivity index (χ1n) is 6.94. The van der Waals surface area contributed by atoms with E-state index in [2.05, 4.69) is 38.2 Å². The van der Waals surface area contributed by atoms with Crippen LogP contribution in [0.3, 0.4) is 0 Å². The summed E-state index contributed by atoms with van der Waals surface area (Å²) in [7, 11) is 0. The number of nitro benzene ring substituents is 1. The van der Waals surface area contributed by atoms with Gasteiger partial charge in [-0.05, 0) is 56.0 Å². The van der Waals surface area contributed by atoms with Crippen LogP contribution in [0.25, 0.3) is 0 Å². The molecule has 0 aliphatic heterocycles. The van der Waals surface area contributed by atoms with Crippen LogP contribution < -0.4 is 5.32 Å². The Morgan fingerprint density at radius 2 is 1.71 bits per heavy atom. The molecule has 0 saturated heterocycles. The SMILES string of the molecule is Cc1cc(C)c(CNc2cccc([N+](=O)[O-])c2C)cc1C. The van der Waals surface area contributed by atoms with Gasteiger partial charge in [0.05, 0.1) is 4.92 Å². The molecule has 2 rings (SSSR count). The number of hydrogen-bond donors (Lipinski definition) is 1. The molecule has 1 N–H and O–H groups in total. The lowest BCUT2D eigenvalue weighted by Crippen LogP contribution is -2.05. The summed E-state index contributed by atoms with van der Waals surface area (Å²) >= 11 is 0. The lowest BCUT2D eigenvalue weighted by molar-refractivity contribution is -0.385. The lowest BCUT2D eigenvalue weighted by Gasteiger charge is -2.13. The van der Waals surface area contributed by atoms with Crippen molar-refractivity contribution in [1.82, 2.24) is 0 Å². The fraction of sp³-hybridized carbons (Fsp3) is 0.294. The Balaban J connectivity index is 2.23. The van der Waals surface area contributed by atoms with Gasteiger partial charge in [-0.3, -0.25) is 10.1 Å². The monoisotopic (exact) mass is 284 g/mol. The number of nitro groups is 1. The molecule has 21 heavy (non-hydrogen) atoms. The van der Waals surface area contributed by atoms with Crippen molar-refractivity contribution in [2.24, 2.45) is 0 Å². The van der Waals surface area contributed by atoms with Crippen molar-refractivity contribution in [3.05, 3.63) is 68.3 Å². The highest BCUT2D eigenvalue weighted by Gasteiger charge is 2.13. The average Bonchev–Trinajstić information content (AvgIpc) is 2.42. The molecule has 0 spiro atoms. The molecule has 4 nitrogen and oxygen atoms in total. The second kappa shape index (κ2) is 5.95. The van der Waals surface area contributed by atoms with Crippen molar-refractivity contribution in [2.45, 2.75) is 34.2 Å². The Hall–Kier alpha value is -2.36. The highest BCUT2D eigenvalue weighted by Crippen LogP contribution is 2.26. The molecule has 0 unspecified atom stereocenters. The second-order valence-electron chi connectivity index (χ2n) is 5.42. The molecule has 2 aromatic carbocycles. The van der Waals surface area contributed by atoms with Gasteiger partial charge in [0, 0.05) is 23.9 Å². The number of nitrogens with zero attached hydrogens (tertiary/aromatic N) is 1. The van der Waals surface area contributed by atoms with E-state index in [0.717, 1.165) is 5.69 Å². The van der Waals surface area contributed by atoms with Gasteiger partial charge in [0.25, 0.3) is 5.69 Å². The fourth-order valence-corrected chi connectivity index (χ4v) is 2.41. The molecule has 0 radical (unpaired) electrons. The minimum absolute atomic E-state index is 0.150. The van der Waals surface area contributed by atoms with Crippen molar-refractivity contribution in [3.8, 4) is 0 Å². The summed E-state index contributed by atoms with van der Waals surface area (Å²) in [5, 5.41) is 14.3. The van der Waals surface area contributed by atoms with Crippen LogP contribution in [0.4, 0.5) is 11.4 Å². The number of benzene rings is 2. The minimum atomic E-state index is -0.345. The zero-order valence-electron chi connectivity index (χ0n) is 12.9. The topological polar surface area (TPSA) is 55.2 Å². The highest BCUT2D eigenvalue weighted by molar-refractivity contribution is 5.60. The van der Waals surface area contributed by atoms with E-state index in [9.17, 15) is 10.1 Å². The van der Waals surface area contributed by atoms with Crippen LogP contribution in [0.2, 0.25) is 0 Å². The Labute approximate surface area is 125 Å². The normalized spacial score (nSPS) is 10.5. The second-order valence-corrected chi connectivity index (χ2v) is 5.42. The van der Waals surface area contributed by atoms with Crippen LogP contribution in [0.1, 0.15) is 27.8 Å². The van der Waals surface area contributed by atoms with Gasteiger partial charge in [0.15, 0.2) is 0 Å². The first-order chi connectivity index (χ1) is 9.90. The van der Waals surface area contributed by atoms with E-state index < -0.39 is 0 Å². The van der Waals surface area contributed by atoms with Gasteiger partial charge >= 0.3 is 0 Å². The van der Waals surface area contributed by atoms with Crippen molar-refractivity contribution in [2.75, 3.05) is 5.32 Å². The summed E-state index contributed by atoms with van der Waals surface area (Å²) in [4.78, 5) is 10.6. The summed E-state index contributed by atoms with van der Waals surface area (Å²) in [5.74, 6) is 0. The van der Waals surface area contributed by atoms with E-state index in [4.69, 9.17) is 0 Å². The summed E-state index contributed by atoms with van der Waals surface area (Å²) < 4.78 is 0. The highest BCUT2D eigenvalue weighted by atomic mass is 16.6. The van der Waals surface area contributed by atoms with Crippen LogP contribution in [0.15, 0.2) is 30.3 Å². The van der Waals surface area contributed by atoms with Crippen LogP contribution in [0.5, 0.6) is 0 Å². The molecular formula is C17H20N2O2. The number of aryl methyl sites for hydroxylation is 3. The first-order valence-corrected chi connectivity index (χ1v) is 6.94. The molecule has 0 aromatic heterocycles. The van der Waals surface area contributed by atoms with E-state index in [1.165, 1.54) is 28.3 Å². The van der Waals surface area contributed by atoms with Crippen molar-refractivity contribution in [3.63, 3.8) is 0 Å². The van der Waals surface area contributed by atoms with Gasteiger partial charge < -0.3 is 5.32 Å². The number of anilines is 1. The van der Waals surface area contributed by atoms with E-state index in [1.807, 2.05) is 6.07 Å². The van der Waals surface area contributed by atoms with Gasteiger partial charge in [-0.1, -0.05) is 18.2 Å². The maximum absolute atomic E-state index is 11.0. The Morgan fingerprint density at radius 1 is 1.05 bits per heavy atom. The van der Waals surface area contributed by atoms with E-state index in [1.54, 1.807) is 13.0 Å². The lowest BCUT2D eigenvalue weighted by atomic mass is 10.0. The molecule has 0 bridgehead atoms. The molecule has 0 aliphatic rings. The first kappa shape index (κ1) is 15.0. The van der Waals surface area contributed by atoms with Crippen LogP contribution in [0, 0.1) is 37.8 Å². The molecular weight excluding hydrogens is 264 g/mol. The zero-order chi connectivity index (χ0) is 15.6. The number of hydrogen-bond acceptors (Lipinski definition) is 3. The summed E-state index contributed by atoms with van der Waals surface area (Å²) in [6.07, 6.45) is 0. The molecule has 0 amide bonds. The molecule has 0 atom stereocenters. The molecule has 4 heteroatoms. The maximum Gasteiger partial charge on any atom is 0.274 e. The van der Waals surface area contributed by atoms with E-state index in [-0.39, 0.29) is 10.6 Å². The van der Waals surface area contributed by atoms with Crippen LogP contribution in [-0.2, 0) is 6.54 Å². The molecule has 110 valence electrons. The average molecular weight is 284 g/mol. The van der Waals surface area contributed by atoms with Crippen molar-refractivity contribution < 1.29 is 4.92 Å². The zero-order valence-corrected chi connectivity index (χ0v) is 12.9. The summed E-state index contributed by atoms with van der Waals surface area (Å²) in [6.45, 7) is 8.72. The van der Waals surface area contributed by atoms with Crippen molar-refractivity contribution >= 4 is 11.4 Å². The van der Waals surface area contributed by atoms with Gasteiger partial charge in [-0.15, -0.1) is 0 Å². The Morgan fingerprint density at radius 3 is 2.38 bits per heavy atom. The van der Waals surface area contributed by atoms with Crippen LogP contribution >= 0.6 is 0 Å². The predicted octanol–water partition coefficient (Wildman–Crippen LogP) is 4.44. The van der Waals surface area contributed by atoms with Gasteiger partial charge in [0.2, 0.25) is 0 Å². The maximum atomic E-state index is 11.0. The molecule has 2 aromatic rings. The Bertz CT molecular complexity index is 693. The number of rotatable bonds is 4. The molecule has 0 heterocycles. The predicted molar refractivity (Wildman–Crippen MR) is 85.8 cm³/mol. The summed E-state index contributed by atoms with van der Waals surface area (Å²) in [6, 6.07) is 9.46. The molecule has 0 aliphatic carbocycles. The third-order valence-corrected chi connectivity index (χ3v) is 3.92. The van der Waals surface area contributed by atoms with E-state index >= 15 is 0 Å². The van der Waals surface area contributed by atoms with Crippen molar-refractivity contribution in [1.29, 1.82) is 0 Å². The number of nitrogens with one attached hydrogen (secondary N) is 1. The smallest absolute Gasteiger partial charge is 0.274 e. The van der Waals surface area contributed by atoms with Crippen LogP contribution in [-0.4, -0.2) is 4.92 Å². The quantitative estimate of drug-likeness (QED) is 0.667. The molecule has 0 saturated carbocycles. The molecule has 0 fully saturated rings. The third-order valence-electron chi connectivity index (χ3n) is 3.92.